The van der Waals surface area contributed by atoms with Crippen LogP contribution in [0.5, 0.6) is 11.5 Å². The molecule has 0 atom stereocenters. The Morgan fingerprint density at radius 2 is 1.20 bits per heavy atom. The van der Waals surface area contributed by atoms with Crippen molar-refractivity contribution in [2.24, 2.45) is 0 Å². The highest BCUT2D eigenvalue weighted by Crippen LogP contribution is 2.38. The molecular weight excluding hydrogens is 536 g/mol. The number of hydrogen-bond donors (Lipinski definition) is 2. The van der Waals surface area contributed by atoms with E-state index in [2.05, 4.69) is 29.6 Å². The van der Waals surface area contributed by atoms with Crippen molar-refractivity contribution in [2.45, 2.75) is 64.2 Å². The van der Waals surface area contributed by atoms with Gasteiger partial charge >= 0.3 is 0 Å². The summed E-state index contributed by atoms with van der Waals surface area (Å²) in [6, 6.07) is 20.5. The first-order valence-electron chi connectivity index (χ1n) is 13.8. The van der Waals surface area contributed by atoms with E-state index in [1.807, 2.05) is 88.4 Å². The van der Waals surface area contributed by atoms with E-state index in [0.717, 1.165) is 20.8 Å². The summed E-state index contributed by atoms with van der Waals surface area (Å²) >= 11 is 0. The van der Waals surface area contributed by atoms with Crippen molar-refractivity contribution < 1.29 is 17.9 Å². The maximum absolute atomic E-state index is 14.7. The lowest BCUT2D eigenvalue weighted by Crippen LogP contribution is -2.21. The topological polar surface area (TPSA) is 94.5 Å². The number of para-hydroxylation sites is 4. The first kappa shape index (κ1) is 30.0. The van der Waals surface area contributed by atoms with Crippen LogP contribution in [0, 0.1) is 0 Å². The standard InChI is InChI=1S/C32H40N4O4S/c1-20(2)23-17-24(21(3)4)32(25(18-23)22(5)6)41(37,38)36-31(34-27-14-10-12-16-29(27)40-8)19-30(35-36)33-26-13-9-11-15-28(26)39-7/h9-22,34H,1-8H3,(H,33,35). The van der Waals surface area contributed by atoms with Gasteiger partial charge in [0.2, 0.25) is 0 Å². The number of methoxy groups -OCH3 is 2. The van der Waals surface area contributed by atoms with Gasteiger partial charge in [0, 0.05) is 6.07 Å². The van der Waals surface area contributed by atoms with Crippen molar-refractivity contribution in [3.8, 4) is 11.5 Å². The second-order valence-electron chi connectivity index (χ2n) is 10.9. The van der Waals surface area contributed by atoms with Crippen LogP contribution >= 0.6 is 0 Å². The molecular formula is C32H40N4O4S. The fraction of sp³-hybridized carbons (Fsp3) is 0.344. The highest BCUT2D eigenvalue weighted by Gasteiger charge is 2.31. The largest absolute Gasteiger partial charge is 0.495 e. The van der Waals surface area contributed by atoms with E-state index in [4.69, 9.17) is 9.47 Å². The summed E-state index contributed by atoms with van der Waals surface area (Å²) in [6.45, 7) is 12.3. The van der Waals surface area contributed by atoms with Crippen LogP contribution in [-0.4, -0.2) is 31.8 Å². The van der Waals surface area contributed by atoms with Crippen LogP contribution in [0.3, 0.4) is 0 Å². The molecule has 0 fully saturated rings. The molecule has 0 saturated carbocycles. The van der Waals surface area contributed by atoms with E-state index >= 15 is 0 Å². The predicted molar refractivity (Wildman–Crippen MR) is 166 cm³/mol. The SMILES string of the molecule is COc1ccccc1Nc1cc(Nc2ccccc2OC)n(S(=O)(=O)c2c(C(C)C)cc(C(C)C)cc2C(C)C)n1. The Labute approximate surface area is 243 Å². The summed E-state index contributed by atoms with van der Waals surface area (Å²) in [6.07, 6.45) is 0. The molecule has 1 aromatic heterocycles. The number of ether oxygens (including phenoxy) is 2. The van der Waals surface area contributed by atoms with Gasteiger partial charge in [-0.3, -0.25) is 0 Å². The van der Waals surface area contributed by atoms with Crippen LogP contribution in [0.1, 0.15) is 76.0 Å². The maximum atomic E-state index is 14.7. The Morgan fingerprint density at radius 1 is 0.707 bits per heavy atom. The Balaban J connectivity index is 1.96. The summed E-state index contributed by atoms with van der Waals surface area (Å²) in [5.41, 5.74) is 3.94. The molecule has 0 amide bonds. The molecule has 0 saturated heterocycles. The van der Waals surface area contributed by atoms with Gasteiger partial charge in [0.05, 0.1) is 30.5 Å². The monoisotopic (exact) mass is 576 g/mol. The van der Waals surface area contributed by atoms with Crippen molar-refractivity contribution in [2.75, 3.05) is 24.9 Å². The van der Waals surface area contributed by atoms with Crippen LogP contribution in [0.25, 0.3) is 0 Å². The number of nitrogens with zero attached hydrogens (tertiary/aromatic N) is 2. The third kappa shape index (κ3) is 6.20. The molecule has 0 radical (unpaired) electrons. The summed E-state index contributed by atoms with van der Waals surface area (Å²) in [7, 11) is -1.00. The smallest absolute Gasteiger partial charge is 0.285 e. The molecule has 9 heteroatoms. The summed E-state index contributed by atoms with van der Waals surface area (Å²) in [5, 5.41) is 11.1. The van der Waals surface area contributed by atoms with Crippen molar-refractivity contribution in [3.05, 3.63) is 83.4 Å². The lowest BCUT2D eigenvalue weighted by atomic mass is 9.89. The van der Waals surface area contributed by atoms with Crippen LogP contribution in [0.4, 0.5) is 23.0 Å². The Bertz CT molecular complexity index is 1600. The molecule has 0 bridgehead atoms. The zero-order chi connectivity index (χ0) is 29.9. The number of anilines is 4. The van der Waals surface area contributed by atoms with Gasteiger partial charge in [-0.05, 0) is 58.7 Å². The summed E-state index contributed by atoms with van der Waals surface area (Å²) < 4.78 is 41.5. The minimum atomic E-state index is -4.16. The minimum absolute atomic E-state index is 0.0247. The molecule has 4 rings (SSSR count). The lowest BCUT2D eigenvalue weighted by molar-refractivity contribution is 0.416. The fourth-order valence-corrected chi connectivity index (χ4v) is 6.65. The van der Waals surface area contributed by atoms with Crippen molar-refractivity contribution >= 4 is 33.0 Å². The second-order valence-corrected chi connectivity index (χ2v) is 12.6. The van der Waals surface area contributed by atoms with E-state index < -0.39 is 10.0 Å². The van der Waals surface area contributed by atoms with E-state index in [9.17, 15) is 8.42 Å². The van der Waals surface area contributed by atoms with Gasteiger partial charge in [0.1, 0.15) is 17.3 Å². The van der Waals surface area contributed by atoms with E-state index in [1.54, 1.807) is 20.3 Å². The number of hydrogen-bond acceptors (Lipinski definition) is 7. The molecule has 2 N–H and O–H groups in total. The quantitative estimate of drug-likeness (QED) is 0.187. The number of aromatic nitrogens is 2. The first-order valence-corrected chi connectivity index (χ1v) is 15.2. The molecule has 0 aliphatic rings. The van der Waals surface area contributed by atoms with Crippen molar-refractivity contribution in [3.63, 3.8) is 0 Å². The maximum Gasteiger partial charge on any atom is 0.285 e. The van der Waals surface area contributed by atoms with Crippen LogP contribution in [-0.2, 0) is 10.0 Å². The highest BCUT2D eigenvalue weighted by atomic mass is 32.2. The molecule has 1 heterocycles. The number of rotatable bonds is 11. The van der Waals surface area contributed by atoms with Crippen molar-refractivity contribution in [1.29, 1.82) is 0 Å². The highest BCUT2D eigenvalue weighted by molar-refractivity contribution is 7.90. The summed E-state index contributed by atoms with van der Waals surface area (Å²) in [5.74, 6) is 2.00. The molecule has 3 aromatic carbocycles. The van der Waals surface area contributed by atoms with Crippen LogP contribution in [0.2, 0.25) is 0 Å². The van der Waals surface area contributed by atoms with Gasteiger partial charge in [0.15, 0.2) is 5.82 Å². The molecule has 41 heavy (non-hydrogen) atoms. The average molecular weight is 577 g/mol. The van der Waals surface area contributed by atoms with Gasteiger partial charge in [-0.15, -0.1) is 9.19 Å². The Kier molecular flexibility index (Phi) is 8.97. The Hall–Kier alpha value is -3.98. The van der Waals surface area contributed by atoms with Crippen molar-refractivity contribution in [1.82, 2.24) is 9.19 Å². The fourth-order valence-electron chi connectivity index (χ4n) is 4.74. The van der Waals surface area contributed by atoms with Gasteiger partial charge in [-0.25, -0.2) is 0 Å². The van der Waals surface area contributed by atoms with Gasteiger partial charge in [-0.2, -0.15) is 8.42 Å². The molecule has 8 nitrogen and oxygen atoms in total. The number of benzene rings is 3. The third-order valence-corrected chi connectivity index (χ3v) is 8.70. The molecule has 0 aliphatic heterocycles. The zero-order valence-electron chi connectivity index (χ0n) is 25.0. The molecule has 0 aliphatic carbocycles. The zero-order valence-corrected chi connectivity index (χ0v) is 25.8. The molecule has 0 unspecified atom stereocenters. The summed E-state index contributed by atoms with van der Waals surface area (Å²) in [4.78, 5) is 0.293. The third-order valence-electron chi connectivity index (χ3n) is 6.98. The van der Waals surface area contributed by atoms with E-state index in [1.165, 1.54) is 0 Å². The first-order chi connectivity index (χ1) is 19.5. The molecule has 0 spiro atoms. The van der Waals surface area contributed by atoms with Crippen LogP contribution in [0.15, 0.2) is 71.6 Å². The van der Waals surface area contributed by atoms with Gasteiger partial charge < -0.3 is 20.1 Å². The normalized spacial score (nSPS) is 11.8. The van der Waals surface area contributed by atoms with Gasteiger partial charge in [-0.1, -0.05) is 77.9 Å². The predicted octanol–water partition coefficient (Wildman–Crippen LogP) is 7.99. The van der Waals surface area contributed by atoms with Crippen LogP contribution < -0.4 is 20.1 Å². The average Bonchev–Trinajstić information content (AvgIpc) is 3.35. The Morgan fingerprint density at radius 3 is 1.66 bits per heavy atom. The minimum Gasteiger partial charge on any atom is -0.495 e. The molecule has 4 aromatic rings. The number of nitrogens with one attached hydrogen (secondary N) is 2. The van der Waals surface area contributed by atoms with Gasteiger partial charge in [0.25, 0.3) is 10.0 Å². The molecule has 218 valence electrons. The lowest BCUT2D eigenvalue weighted by Gasteiger charge is -2.23. The van der Waals surface area contributed by atoms with E-state index in [0.29, 0.717) is 33.6 Å². The second kappa shape index (κ2) is 12.3. The van der Waals surface area contributed by atoms with E-state index in [-0.39, 0.29) is 23.6 Å².